The van der Waals surface area contributed by atoms with Gasteiger partial charge in [-0.2, -0.15) is 0 Å². The molecular weight excluding hydrogens is 200 g/mol. The zero-order chi connectivity index (χ0) is 11.3. The first-order valence-electron chi connectivity index (χ1n) is 6.49. The molecule has 0 heterocycles. The predicted octanol–water partition coefficient (Wildman–Crippen LogP) is 2.79. The van der Waals surface area contributed by atoms with Crippen molar-refractivity contribution in [1.82, 2.24) is 0 Å². The Kier molecular flexibility index (Phi) is 2.34. The SMILES string of the molecule is C=C(C(=O)OC)C1CCC2C3CCC(C3)C12. The van der Waals surface area contributed by atoms with Crippen LogP contribution in [0.15, 0.2) is 12.2 Å². The van der Waals surface area contributed by atoms with Crippen molar-refractivity contribution in [3.05, 3.63) is 12.2 Å². The highest BCUT2D eigenvalue weighted by atomic mass is 16.5. The highest BCUT2D eigenvalue weighted by molar-refractivity contribution is 5.88. The summed E-state index contributed by atoms with van der Waals surface area (Å²) in [6, 6.07) is 0. The van der Waals surface area contributed by atoms with Gasteiger partial charge in [0.25, 0.3) is 0 Å². The van der Waals surface area contributed by atoms with Crippen molar-refractivity contribution in [1.29, 1.82) is 0 Å². The molecule has 2 heteroatoms. The lowest BCUT2D eigenvalue weighted by Crippen LogP contribution is -2.25. The number of carbonyl (C=O) groups is 1. The molecule has 0 saturated heterocycles. The molecule has 3 rings (SSSR count). The van der Waals surface area contributed by atoms with Gasteiger partial charge in [0.15, 0.2) is 0 Å². The van der Waals surface area contributed by atoms with Crippen LogP contribution in [0, 0.1) is 29.6 Å². The van der Waals surface area contributed by atoms with E-state index in [-0.39, 0.29) is 5.97 Å². The highest BCUT2D eigenvalue weighted by Crippen LogP contribution is 2.61. The van der Waals surface area contributed by atoms with Gasteiger partial charge >= 0.3 is 5.97 Å². The first-order valence-corrected chi connectivity index (χ1v) is 6.49. The minimum Gasteiger partial charge on any atom is -0.466 e. The molecule has 0 radical (unpaired) electrons. The van der Waals surface area contributed by atoms with Crippen molar-refractivity contribution < 1.29 is 9.53 Å². The third-order valence-electron chi connectivity index (χ3n) is 5.33. The zero-order valence-corrected chi connectivity index (χ0v) is 9.95. The van der Waals surface area contributed by atoms with Crippen LogP contribution < -0.4 is 0 Å². The molecule has 16 heavy (non-hydrogen) atoms. The molecule has 0 N–H and O–H groups in total. The average molecular weight is 220 g/mol. The second kappa shape index (κ2) is 3.61. The summed E-state index contributed by atoms with van der Waals surface area (Å²) in [6.07, 6.45) is 6.71. The molecule has 0 spiro atoms. The van der Waals surface area contributed by atoms with E-state index in [1.165, 1.54) is 32.8 Å². The van der Waals surface area contributed by atoms with Gasteiger partial charge in [0.2, 0.25) is 0 Å². The molecular formula is C14H20O2. The fraction of sp³-hybridized carbons (Fsp3) is 0.786. The summed E-state index contributed by atoms with van der Waals surface area (Å²) in [6.45, 7) is 3.98. The van der Waals surface area contributed by atoms with E-state index < -0.39 is 0 Å². The molecule has 5 atom stereocenters. The maximum atomic E-state index is 11.6. The Hall–Kier alpha value is -0.790. The Morgan fingerprint density at radius 2 is 1.94 bits per heavy atom. The topological polar surface area (TPSA) is 26.3 Å². The quantitative estimate of drug-likeness (QED) is 0.528. The third kappa shape index (κ3) is 1.28. The molecule has 3 aliphatic rings. The summed E-state index contributed by atoms with van der Waals surface area (Å²) in [4.78, 5) is 11.6. The number of hydrogen-bond donors (Lipinski definition) is 0. The van der Waals surface area contributed by atoms with Gasteiger partial charge in [-0.25, -0.2) is 4.79 Å². The molecule has 2 bridgehead atoms. The van der Waals surface area contributed by atoms with Crippen molar-refractivity contribution in [3.63, 3.8) is 0 Å². The van der Waals surface area contributed by atoms with Crippen LogP contribution >= 0.6 is 0 Å². The van der Waals surface area contributed by atoms with Crippen LogP contribution in [0.2, 0.25) is 0 Å². The fourth-order valence-corrected chi connectivity index (χ4v) is 4.76. The summed E-state index contributed by atoms with van der Waals surface area (Å²) in [5.74, 6) is 3.73. The number of fused-ring (bicyclic) bond motifs is 5. The summed E-state index contributed by atoms with van der Waals surface area (Å²) in [5.41, 5.74) is 0.738. The van der Waals surface area contributed by atoms with Crippen molar-refractivity contribution in [2.75, 3.05) is 7.11 Å². The van der Waals surface area contributed by atoms with Crippen molar-refractivity contribution in [3.8, 4) is 0 Å². The van der Waals surface area contributed by atoms with Gasteiger partial charge in [0.1, 0.15) is 0 Å². The number of carbonyl (C=O) groups excluding carboxylic acids is 1. The third-order valence-corrected chi connectivity index (χ3v) is 5.33. The second-order valence-electron chi connectivity index (χ2n) is 5.78. The number of methoxy groups -OCH3 is 1. The Morgan fingerprint density at radius 3 is 2.69 bits per heavy atom. The van der Waals surface area contributed by atoms with E-state index in [0.29, 0.717) is 5.92 Å². The van der Waals surface area contributed by atoms with E-state index in [9.17, 15) is 4.79 Å². The summed E-state index contributed by atoms with van der Waals surface area (Å²) in [7, 11) is 1.46. The fourth-order valence-electron chi connectivity index (χ4n) is 4.76. The molecule has 88 valence electrons. The van der Waals surface area contributed by atoms with Crippen LogP contribution in [0.4, 0.5) is 0 Å². The van der Waals surface area contributed by atoms with Crippen LogP contribution in [0.5, 0.6) is 0 Å². The van der Waals surface area contributed by atoms with Crippen molar-refractivity contribution in [2.24, 2.45) is 29.6 Å². The number of esters is 1. The number of rotatable bonds is 2. The van der Waals surface area contributed by atoms with Gasteiger partial charge < -0.3 is 4.74 Å². The summed E-state index contributed by atoms with van der Waals surface area (Å²) < 4.78 is 4.81. The molecule has 0 aromatic carbocycles. The normalized spacial score (nSPS) is 44.4. The summed E-state index contributed by atoms with van der Waals surface area (Å²) in [5, 5.41) is 0. The molecule has 3 aliphatic carbocycles. The largest absolute Gasteiger partial charge is 0.466 e. The van der Waals surface area contributed by atoms with E-state index in [0.717, 1.165) is 35.7 Å². The average Bonchev–Trinajstić information content (AvgIpc) is 2.97. The van der Waals surface area contributed by atoms with Gasteiger partial charge in [0.05, 0.1) is 7.11 Å². The molecule has 0 aromatic rings. The standard InChI is InChI=1S/C14H20O2/c1-8(14(15)16-2)11-5-6-12-9-3-4-10(7-9)13(11)12/h9-13H,1,3-7H2,2H3. The van der Waals surface area contributed by atoms with Crippen LogP contribution in [0.3, 0.4) is 0 Å². The van der Waals surface area contributed by atoms with Crippen molar-refractivity contribution >= 4 is 5.97 Å². The Bertz CT molecular complexity index is 334. The molecule has 0 aromatic heterocycles. The maximum Gasteiger partial charge on any atom is 0.333 e. The van der Waals surface area contributed by atoms with Crippen LogP contribution in [0.25, 0.3) is 0 Å². The first-order chi connectivity index (χ1) is 7.72. The monoisotopic (exact) mass is 220 g/mol. The zero-order valence-electron chi connectivity index (χ0n) is 9.95. The van der Waals surface area contributed by atoms with Gasteiger partial charge in [-0.15, -0.1) is 0 Å². The van der Waals surface area contributed by atoms with E-state index in [2.05, 4.69) is 6.58 Å². The first kappa shape index (κ1) is 10.4. The van der Waals surface area contributed by atoms with Gasteiger partial charge in [0, 0.05) is 5.57 Å². The Morgan fingerprint density at radius 1 is 1.19 bits per heavy atom. The maximum absolute atomic E-state index is 11.6. The molecule has 2 nitrogen and oxygen atoms in total. The molecule has 0 amide bonds. The van der Waals surface area contributed by atoms with Gasteiger partial charge in [-0.1, -0.05) is 6.58 Å². The second-order valence-corrected chi connectivity index (χ2v) is 5.78. The predicted molar refractivity (Wildman–Crippen MR) is 61.7 cm³/mol. The van der Waals surface area contributed by atoms with E-state index in [1.54, 1.807) is 0 Å². The Labute approximate surface area is 97.1 Å². The lowest BCUT2D eigenvalue weighted by Gasteiger charge is -2.29. The van der Waals surface area contributed by atoms with Crippen LogP contribution in [-0.4, -0.2) is 13.1 Å². The van der Waals surface area contributed by atoms with E-state index >= 15 is 0 Å². The highest BCUT2D eigenvalue weighted by Gasteiger charge is 2.54. The lowest BCUT2D eigenvalue weighted by molar-refractivity contribution is -0.136. The lowest BCUT2D eigenvalue weighted by atomic mass is 9.76. The van der Waals surface area contributed by atoms with E-state index in [4.69, 9.17) is 4.74 Å². The Balaban J connectivity index is 1.79. The van der Waals surface area contributed by atoms with Crippen molar-refractivity contribution in [2.45, 2.75) is 32.1 Å². The molecule has 3 fully saturated rings. The van der Waals surface area contributed by atoms with Crippen LogP contribution in [-0.2, 0) is 9.53 Å². The smallest absolute Gasteiger partial charge is 0.333 e. The van der Waals surface area contributed by atoms with Crippen LogP contribution in [0.1, 0.15) is 32.1 Å². The van der Waals surface area contributed by atoms with E-state index in [1.807, 2.05) is 0 Å². The van der Waals surface area contributed by atoms with Gasteiger partial charge in [-0.05, 0) is 61.7 Å². The molecule has 3 saturated carbocycles. The number of ether oxygens (including phenoxy) is 1. The van der Waals surface area contributed by atoms with Gasteiger partial charge in [-0.3, -0.25) is 0 Å². The minimum atomic E-state index is -0.187. The molecule has 0 aliphatic heterocycles. The number of hydrogen-bond acceptors (Lipinski definition) is 2. The minimum absolute atomic E-state index is 0.187. The summed E-state index contributed by atoms with van der Waals surface area (Å²) >= 11 is 0. The molecule has 5 unspecified atom stereocenters.